The Kier molecular flexibility index (Phi) is 3.58. The number of hydrogen-bond acceptors (Lipinski definition) is 1. The SMILES string of the molecule is C[C@H]1CCCC[NH+]1Cc1ccccc1C#N. The van der Waals surface area contributed by atoms with Crippen molar-refractivity contribution < 1.29 is 4.90 Å². The maximum atomic E-state index is 9.05. The maximum absolute atomic E-state index is 9.05. The van der Waals surface area contributed by atoms with Crippen molar-refractivity contribution in [3.05, 3.63) is 35.4 Å². The Labute approximate surface area is 97.5 Å². The normalized spacial score (nSPS) is 25.0. The van der Waals surface area contributed by atoms with E-state index in [2.05, 4.69) is 19.1 Å². The van der Waals surface area contributed by atoms with Gasteiger partial charge >= 0.3 is 0 Å². The van der Waals surface area contributed by atoms with Crippen LogP contribution in [0.5, 0.6) is 0 Å². The van der Waals surface area contributed by atoms with E-state index in [4.69, 9.17) is 5.26 Å². The first-order chi connectivity index (χ1) is 7.81. The summed E-state index contributed by atoms with van der Waals surface area (Å²) in [4.78, 5) is 1.63. The molecule has 2 nitrogen and oxygen atoms in total. The molecule has 0 aliphatic carbocycles. The summed E-state index contributed by atoms with van der Waals surface area (Å²) in [6.45, 7) is 4.58. The molecular weight excluding hydrogens is 196 g/mol. The van der Waals surface area contributed by atoms with E-state index in [1.807, 2.05) is 18.2 Å². The second-order valence-electron chi connectivity index (χ2n) is 4.75. The molecule has 84 valence electrons. The fraction of sp³-hybridized carbons (Fsp3) is 0.500. The van der Waals surface area contributed by atoms with E-state index in [1.165, 1.54) is 31.4 Å². The molecule has 0 saturated carbocycles. The van der Waals surface area contributed by atoms with Gasteiger partial charge in [0.1, 0.15) is 6.54 Å². The lowest BCUT2D eigenvalue weighted by Gasteiger charge is -2.30. The Morgan fingerprint density at radius 1 is 1.38 bits per heavy atom. The van der Waals surface area contributed by atoms with Gasteiger partial charge in [0.2, 0.25) is 0 Å². The highest BCUT2D eigenvalue weighted by Crippen LogP contribution is 2.08. The van der Waals surface area contributed by atoms with E-state index in [0.717, 1.165) is 18.2 Å². The van der Waals surface area contributed by atoms with E-state index >= 15 is 0 Å². The summed E-state index contributed by atoms with van der Waals surface area (Å²) in [7, 11) is 0. The first-order valence-corrected chi connectivity index (χ1v) is 6.14. The predicted molar refractivity (Wildman–Crippen MR) is 64.0 cm³/mol. The van der Waals surface area contributed by atoms with Crippen LogP contribution in [0.1, 0.15) is 37.3 Å². The third kappa shape index (κ3) is 2.43. The van der Waals surface area contributed by atoms with Gasteiger partial charge in [0, 0.05) is 5.56 Å². The summed E-state index contributed by atoms with van der Waals surface area (Å²) >= 11 is 0. The van der Waals surface area contributed by atoms with Gasteiger partial charge in [0.15, 0.2) is 0 Å². The van der Waals surface area contributed by atoms with Crippen molar-refractivity contribution in [3.8, 4) is 6.07 Å². The quantitative estimate of drug-likeness (QED) is 0.796. The molecule has 0 bridgehead atoms. The average Bonchev–Trinajstić information content (AvgIpc) is 2.33. The molecule has 1 aliphatic heterocycles. The van der Waals surface area contributed by atoms with Gasteiger partial charge in [-0.3, -0.25) is 0 Å². The third-order valence-corrected chi connectivity index (χ3v) is 3.64. The first kappa shape index (κ1) is 11.2. The summed E-state index contributed by atoms with van der Waals surface area (Å²) in [6, 6.07) is 11.0. The van der Waals surface area contributed by atoms with Gasteiger partial charge < -0.3 is 4.90 Å². The largest absolute Gasteiger partial charge is 0.329 e. The van der Waals surface area contributed by atoms with Crippen molar-refractivity contribution in [1.29, 1.82) is 5.26 Å². The Morgan fingerprint density at radius 3 is 2.94 bits per heavy atom. The zero-order valence-corrected chi connectivity index (χ0v) is 9.87. The van der Waals surface area contributed by atoms with Crippen LogP contribution in [0.3, 0.4) is 0 Å². The molecule has 0 spiro atoms. The molecule has 0 radical (unpaired) electrons. The monoisotopic (exact) mass is 215 g/mol. The molecule has 1 fully saturated rings. The zero-order chi connectivity index (χ0) is 11.4. The topological polar surface area (TPSA) is 28.2 Å². The number of hydrogen-bond donors (Lipinski definition) is 1. The van der Waals surface area contributed by atoms with Gasteiger partial charge in [-0.25, -0.2) is 0 Å². The smallest absolute Gasteiger partial charge is 0.104 e. The zero-order valence-electron chi connectivity index (χ0n) is 9.87. The second kappa shape index (κ2) is 5.14. The van der Waals surface area contributed by atoms with Crippen molar-refractivity contribution in [3.63, 3.8) is 0 Å². The molecule has 1 aromatic carbocycles. The lowest BCUT2D eigenvalue weighted by Crippen LogP contribution is -3.14. The number of nitrogens with one attached hydrogen (secondary N) is 1. The van der Waals surface area contributed by atoms with Crippen molar-refractivity contribution in [1.82, 2.24) is 0 Å². The molecule has 1 saturated heterocycles. The molecule has 2 rings (SSSR count). The predicted octanol–water partition coefficient (Wildman–Crippen LogP) is 1.52. The van der Waals surface area contributed by atoms with Gasteiger partial charge in [-0.15, -0.1) is 0 Å². The molecule has 0 amide bonds. The van der Waals surface area contributed by atoms with Gasteiger partial charge in [-0.05, 0) is 32.3 Å². The minimum atomic E-state index is 0.737. The van der Waals surface area contributed by atoms with Gasteiger partial charge in [0.05, 0.1) is 24.2 Å². The molecule has 1 aliphatic rings. The van der Waals surface area contributed by atoms with Crippen LogP contribution in [-0.4, -0.2) is 12.6 Å². The molecule has 0 aromatic heterocycles. The van der Waals surface area contributed by atoms with Crippen molar-refractivity contribution >= 4 is 0 Å². The van der Waals surface area contributed by atoms with Crippen molar-refractivity contribution in [2.45, 2.75) is 38.8 Å². The first-order valence-electron chi connectivity index (χ1n) is 6.14. The van der Waals surface area contributed by atoms with Crippen LogP contribution in [0.2, 0.25) is 0 Å². The molecule has 2 atom stereocenters. The Bertz CT molecular complexity index is 392. The minimum Gasteiger partial charge on any atom is -0.329 e. The lowest BCUT2D eigenvalue weighted by molar-refractivity contribution is -0.941. The van der Waals surface area contributed by atoms with Crippen LogP contribution < -0.4 is 4.90 Å². The van der Waals surface area contributed by atoms with Gasteiger partial charge in [-0.2, -0.15) is 5.26 Å². The number of likely N-dealkylation sites (tertiary alicyclic amines) is 1. The van der Waals surface area contributed by atoms with Crippen LogP contribution in [0, 0.1) is 11.3 Å². The highest BCUT2D eigenvalue weighted by Gasteiger charge is 2.22. The van der Waals surface area contributed by atoms with E-state index in [9.17, 15) is 0 Å². The third-order valence-electron chi connectivity index (χ3n) is 3.64. The summed E-state index contributed by atoms with van der Waals surface area (Å²) in [5, 5.41) is 9.05. The van der Waals surface area contributed by atoms with Crippen LogP contribution >= 0.6 is 0 Å². The standard InChI is InChI=1S/C14H18N2/c1-12-6-4-5-9-16(12)11-14-8-3-2-7-13(14)10-15/h2-3,7-8,12H,4-6,9,11H2,1H3/p+1/t12-/m0/s1. The number of quaternary nitrogens is 1. The lowest BCUT2D eigenvalue weighted by atomic mass is 10.0. The fourth-order valence-corrected chi connectivity index (χ4v) is 2.54. The number of benzene rings is 1. The average molecular weight is 215 g/mol. The van der Waals surface area contributed by atoms with Crippen molar-refractivity contribution in [2.24, 2.45) is 0 Å². The number of rotatable bonds is 2. The van der Waals surface area contributed by atoms with Crippen LogP contribution in [0.15, 0.2) is 24.3 Å². The van der Waals surface area contributed by atoms with E-state index in [1.54, 1.807) is 4.90 Å². The van der Waals surface area contributed by atoms with E-state index in [-0.39, 0.29) is 0 Å². The molecule has 1 N–H and O–H groups in total. The molecule has 1 heterocycles. The molecule has 1 aromatic rings. The summed E-state index contributed by atoms with van der Waals surface area (Å²) in [6.07, 6.45) is 4.02. The number of nitrogens with zero attached hydrogens (tertiary/aromatic N) is 1. The Morgan fingerprint density at radius 2 is 2.19 bits per heavy atom. The van der Waals surface area contributed by atoms with E-state index < -0.39 is 0 Å². The van der Waals surface area contributed by atoms with Crippen LogP contribution in [0.25, 0.3) is 0 Å². The molecular formula is C14H19N2+. The second-order valence-corrected chi connectivity index (χ2v) is 4.75. The fourth-order valence-electron chi connectivity index (χ4n) is 2.54. The van der Waals surface area contributed by atoms with E-state index in [0.29, 0.717) is 0 Å². The molecule has 2 heteroatoms. The van der Waals surface area contributed by atoms with Gasteiger partial charge in [-0.1, -0.05) is 18.2 Å². The van der Waals surface area contributed by atoms with Gasteiger partial charge in [0.25, 0.3) is 0 Å². The highest BCUT2D eigenvalue weighted by atomic mass is 15.2. The number of piperidine rings is 1. The number of nitriles is 1. The maximum Gasteiger partial charge on any atom is 0.104 e. The minimum absolute atomic E-state index is 0.737. The summed E-state index contributed by atoms with van der Waals surface area (Å²) < 4.78 is 0. The van der Waals surface area contributed by atoms with Crippen molar-refractivity contribution in [2.75, 3.05) is 6.54 Å². The Balaban J connectivity index is 2.11. The van der Waals surface area contributed by atoms with Crippen LogP contribution in [-0.2, 0) is 6.54 Å². The highest BCUT2D eigenvalue weighted by molar-refractivity contribution is 5.36. The Hall–Kier alpha value is -1.33. The summed E-state index contributed by atoms with van der Waals surface area (Å²) in [5.74, 6) is 0. The molecule has 16 heavy (non-hydrogen) atoms. The summed E-state index contributed by atoms with van der Waals surface area (Å²) in [5.41, 5.74) is 2.04. The molecule has 1 unspecified atom stereocenters. The van der Waals surface area contributed by atoms with Crippen LogP contribution in [0.4, 0.5) is 0 Å².